The van der Waals surface area contributed by atoms with Gasteiger partial charge < -0.3 is 0 Å². The zero-order valence-electron chi connectivity index (χ0n) is 5.85. The van der Waals surface area contributed by atoms with Gasteiger partial charge in [0.15, 0.2) is 0 Å². The normalized spacial score (nSPS) is 31.8. The summed E-state index contributed by atoms with van der Waals surface area (Å²) >= 11 is 11.5. The molecule has 0 spiro atoms. The first kappa shape index (κ1) is 11.2. The van der Waals surface area contributed by atoms with Gasteiger partial charge in [-0.3, -0.25) is 0 Å². The van der Waals surface area contributed by atoms with Crippen molar-refractivity contribution in [2.45, 2.75) is 4.50 Å². The third-order valence-electron chi connectivity index (χ3n) is 1.25. The molecule has 1 aliphatic rings. The molecule has 12 heavy (non-hydrogen) atoms. The Balaban J connectivity index is 3.00. The summed E-state index contributed by atoms with van der Waals surface area (Å²) in [6, 6.07) is 0. The number of hydrogen-bond acceptors (Lipinski definition) is 1. The van der Waals surface area contributed by atoms with Gasteiger partial charge in [0.2, 0.25) is 0 Å². The predicted molar refractivity (Wildman–Crippen MR) is 55.1 cm³/mol. The SMILES string of the molecule is [Se]C=C1OC([Se])(C=[Se])C=CC1=[Se]. The maximum absolute atomic E-state index is 5.62. The molecule has 0 aromatic rings. The van der Waals surface area contributed by atoms with Crippen LogP contribution in [0, 0.1) is 0 Å². The first-order chi connectivity index (χ1) is 5.61. The fourth-order valence-electron chi connectivity index (χ4n) is 0.676. The van der Waals surface area contributed by atoms with E-state index < -0.39 is 4.50 Å². The van der Waals surface area contributed by atoms with Gasteiger partial charge in [-0.05, 0) is 0 Å². The van der Waals surface area contributed by atoms with E-state index >= 15 is 0 Å². The molecule has 0 bridgehead atoms. The van der Waals surface area contributed by atoms with Crippen molar-refractivity contribution in [1.29, 1.82) is 0 Å². The Morgan fingerprint density at radius 3 is 2.67 bits per heavy atom. The van der Waals surface area contributed by atoms with Crippen molar-refractivity contribution in [3.63, 3.8) is 0 Å². The standard InChI is InChI=1S/C7H4OSe4/c9-3-5-6(11)1-2-7(12,4-10)8-5/h1-4H. The molecule has 0 saturated carbocycles. The van der Waals surface area contributed by atoms with Crippen molar-refractivity contribution < 1.29 is 4.74 Å². The molecular weight excluding hydrogens is 416 g/mol. The van der Waals surface area contributed by atoms with Crippen LogP contribution in [-0.4, -0.2) is 77.0 Å². The number of hydrogen-bond donors (Lipinski definition) is 0. The summed E-state index contributed by atoms with van der Waals surface area (Å²) in [5.74, 6) is 0.822. The van der Waals surface area contributed by atoms with Crippen molar-refractivity contribution in [2.24, 2.45) is 0 Å². The fourth-order valence-corrected chi connectivity index (χ4v) is 2.37. The van der Waals surface area contributed by atoms with E-state index in [0.717, 1.165) is 10.2 Å². The quantitative estimate of drug-likeness (QED) is 0.483. The zero-order chi connectivity index (χ0) is 9.19. The Morgan fingerprint density at radius 1 is 1.50 bits per heavy atom. The first-order valence-corrected chi connectivity index (χ1v) is 6.72. The van der Waals surface area contributed by atoms with Gasteiger partial charge in [0.25, 0.3) is 0 Å². The number of ether oxygens (including phenoxy) is 1. The average Bonchev–Trinajstić information content (AvgIpc) is 2.10. The molecule has 0 aromatic heterocycles. The topological polar surface area (TPSA) is 9.23 Å². The van der Waals surface area contributed by atoms with Crippen molar-refractivity contribution in [3.05, 3.63) is 22.9 Å². The van der Waals surface area contributed by atoms with Crippen LogP contribution in [0.1, 0.15) is 0 Å². The van der Waals surface area contributed by atoms with E-state index in [-0.39, 0.29) is 0 Å². The molecule has 1 aliphatic heterocycles. The van der Waals surface area contributed by atoms with Gasteiger partial charge in [-0.15, -0.1) is 0 Å². The summed E-state index contributed by atoms with van der Waals surface area (Å²) in [7, 11) is 0. The number of rotatable bonds is 1. The Kier molecular flexibility index (Phi) is 4.24. The van der Waals surface area contributed by atoms with Crippen LogP contribution in [0.5, 0.6) is 0 Å². The van der Waals surface area contributed by atoms with E-state index in [4.69, 9.17) is 4.74 Å². The fraction of sp³-hybridized carbons (Fsp3) is 0.143. The molecular formula is C7H4OSe4. The van der Waals surface area contributed by atoms with Crippen LogP contribution in [0.3, 0.4) is 0 Å². The molecule has 0 aromatic carbocycles. The summed E-state index contributed by atoms with van der Waals surface area (Å²) in [5.41, 5.74) is 0. The first-order valence-electron chi connectivity index (χ1n) is 3.03. The second kappa shape index (κ2) is 4.55. The summed E-state index contributed by atoms with van der Waals surface area (Å²) in [6.07, 6.45) is 3.93. The summed E-state index contributed by atoms with van der Waals surface area (Å²) in [4.78, 5) is 3.66. The van der Waals surface area contributed by atoms with Crippen LogP contribution in [0.25, 0.3) is 0 Å². The molecule has 0 saturated heterocycles. The van der Waals surface area contributed by atoms with Gasteiger partial charge in [0.05, 0.1) is 0 Å². The minimum atomic E-state index is -0.441. The second-order valence-corrected chi connectivity index (χ2v) is 5.37. The van der Waals surface area contributed by atoms with Gasteiger partial charge in [-0.2, -0.15) is 0 Å². The molecule has 1 unspecified atom stereocenters. The van der Waals surface area contributed by atoms with Gasteiger partial charge >= 0.3 is 105 Å². The van der Waals surface area contributed by atoms with Crippen molar-refractivity contribution >= 4 is 72.5 Å². The minimum absolute atomic E-state index is 0.441. The molecule has 5 heteroatoms. The molecule has 2 radical (unpaired) electrons. The van der Waals surface area contributed by atoms with Gasteiger partial charge in [-0.25, -0.2) is 0 Å². The molecule has 0 amide bonds. The van der Waals surface area contributed by atoms with Crippen molar-refractivity contribution in [2.75, 3.05) is 0 Å². The molecule has 0 N–H and O–H groups in total. The molecule has 1 heterocycles. The molecule has 1 nitrogen and oxygen atoms in total. The average molecular weight is 420 g/mol. The van der Waals surface area contributed by atoms with Gasteiger partial charge in [-0.1, -0.05) is 0 Å². The Bertz CT molecular complexity index is 281. The van der Waals surface area contributed by atoms with Crippen molar-refractivity contribution in [3.8, 4) is 0 Å². The summed E-state index contributed by atoms with van der Waals surface area (Å²) in [5, 5.41) is 0. The third kappa shape index (κ3) is 2.54. The third-order valence-corrected chi connectivity index (χ3v) is 4.61. The summed E-state index contributed by atoms with van der Waals surface area (Å²) < 4.78 is 6.18. The molecule has 62 valence electrons. The van der Waals surface area contributed by atoms with E-state index in [9.17, 15) is 0 Å². The van der Waals surface area contributed by atoms with Gasteiger partial charge in [0.1, 0.15) is 0 Å². The van der Waals surface area contributed by atoms with Crippen LogP contribution in [0.2, 0.25) is 0 Å². The molecule has 0 fully saturated rings. The zero-order valence-corrected chi connectivity index (χ0v) is 12.7. The predicted octanol–water partition coefficient (Wildman–Crippen LogP) is -1.24. The second-order valence-electron chi connectivity index (χ2n) is 2.12. The Labute approximate surface area is 104 Å². The van der Waals surface area contributed by atoms with E-state index in [1.165, 1.54) is 0 Å². The Hall–Kier alpha value is 1.10. The van der Waals surface area contributed by atoms with Crippen LogP contribution in [0.15, 0.2) is 22.9 Å². The van der Waals surface area contributed by atoms with Crippen LogP contribution < -0.4 is 0 Å². The molecule has 1 rings (SSSR count). The number of allylic oxidation sites excluding steroid dienone is 1. The molecule has 0 aliphatic carbocycles. The van der Waals surface area contributed by atoms with Gasteiger partial charge in [0, 0.05) is 0 Å². The van der Waals surface area contributed by atoms with E-state index in [2.05, 4.69) is 63.2 Å². The van der Waals surface area contributed by atoms with E-state index in [1.807, 2.05) is 22.0 Å². The van der Waals surface area contributed by atoms with Crippen LogP contribution in [0.4, 0.5) is 0 Å². The monoisotopic (exact) mass is 424 g/mol. The summed E-state index contributed by atoms with van der Waals surface area (Å²) in [6.45, 7) is 0. The van der Waals surface area contributed by atoms with E-state index in [0.29, 0.717) is 0 Å². The Morgan fingerprint density at radius 2 is 2.17 bits per heavy atom. The van der Waals surface area contributed by atoms with Crippen molar-refractivity contribution in [1.82, 2.24) is 0 Å². The van der Waals surface area contributed by atoms with Crippen LogP contribution in [-0.2, 0) is 4.74 Å². The maximum atomic E-state index is 5.62. The van der Waals surface area contributed by atoms with Crippen LogP contribution >= 0.6 is 0 Å². The molecule has 1 atom stereocenters. The van der Waals surface area contributed by atoms with E-state index in [1.54, 1.807) is 0 Å².